The first-order chi connectivity index (χ1) is 10.2. The Bertz CT molecular complexity index is 705. The first kappa shape index (κ1) is 13.6. The van der Waals surface area contributed by atoms with Gasteiger partial charge in [0.2, 0.25) is 0 Å². The molecule has 0 bridgehead atoms. The molecular weight excluding hydrogens is 265 g/mol. The largest absolute Gasteiger partial charge is 0.338 e. The number of hydrogen-bond donors (Lipinski definition) is 0. The van der Waals surface area contributed by atoms with E-state index in [0.29, 0.717) is 11.3 Å². The minimum Gasteiger partial charge on any atom is -0.338 e. The van der Waals surface area contributed by atoms with Gasteiger partial charge in [-0.05, 0) is 42.9 Å². The van der Waals surface area contributed by atoms with E-state index in [1.54, 1.807) is 18.2 Å². The molecule has 1 aliphatic heterocycles. The summed E-state index contributed by atoms with van der Waals surface area (Å²) in [4.78, 5) is 4.18. The molecule has 0 N–H and O–H groups in total. The summed E-state index contributed by atoms with van der Waals surface area (Å²) in [7, 11) is 2.04. The summed E-state index contributed by atoms with van der Waals surface area (Å²) < 4.78 is 14.1. The summed E-state index contributed by atoms with van der Waals surface area (Å²) in [6.07, 6.45) is 0. The van der Waals surface area contributed by atoms with E-state index < -0.39 is 0 Å². The molecule has 1 heterocycles. The van der Waals surface area contributed by atoms with Gasteiger partial charge in [-0.3, -0.25) is 0 Å². The van der Waals surface area contributed by atoms with E-state index in [4.69, 9.17) is 5.26 Å². The van der Waals surface area contributed by atoms with Crippen LogP contribution in [-0.4, -0.2) is 25.0 Å². The van der Waals surface area contributed by atoms with Crippen LogP contribution in [0.4, 0.5) is 15.8 Å². The maximum atomic E-state index is 14.1. The third kappa shape index (κ3) is 2.61. The monoisotopic (exact) mass is 281 g/mol. The Kier molecular flexibility index (Phi) is 3.59. The van der Waals surface area contributed by atoms with Crippen LogP contribution in [0.15, 0.2) is 42.5 Å². The van der Waals surface area contributed by atoms with Gasteiger partial charge in [-0.25, -0.2) is 4.39 Å². The van der Waals surface area contributed by atoms with Gasteiger partial charge >= 0.3 is 0 Å². The van der Waals surface area contributed by atoms with Crippen LogP contribution < -0.4 is 4.90 Å². The van der Waals surface area contributed by atoms with E-state index in [1.165, 1.54) is 6.07 Å². The Labute approximate surface area is 123 Å². The van der Waals surface area contributed by atoms with Crippen molar-refractivity contribution in [3.8, 4) is 6.07 Å². The van der Waals surface area contributed by atoms with E-state index in [2.05, 4.69) is 11.0 Å². The van der Waals surface area contributed by atoms with Crippen LogP contribution in [0, 0.1) is 17.1 Å². The van der Waals surface area contributed by atoms with E-state index in [9.17, 15) is 4.39 Å². The molecule has 1 aliphatic rings. The van der Waals surface area contributed by atoms with Crippen molar-refractivity contribution in [2.75, 3.05) is 25.0 Å². The summed E-state index contributed by atoms with van der Waals surface area (Å²) in [6.45, 7) is 2.32. The highest BCUT2D eigenvalue weighted by Gasteiger charge is 2.21. The topological polar surface area (TPSA) is 30.3 Å². The molecule has 0 unspecified atom stereocenters. The third-order valence-electron chi connectivity index (χ3n) is 3.79. The van der Waals surface area contributed by atoms with Gasteiger partial charge in [-0.15, -0.1) is 0 Å². The molecule has 0 amide bonds. The number of likely N-dealkylation sites (N-methyl/N-ethyl adjacent to an activating group) is 1. The first-order valence-electron chi connectivity index (χ1n) is 6.92. The smallest absolute Gasteiger partial charge is 0.146 e. The molecule has 2 aromatic rings. The number of nitrogens with zero attached hydrogens (tertiary/aromatic N) is 3. The van der Waals surface area contributed by atoms with Crippen LogP contribution in [0.2, 0.25) is 0 Å². The van der Waals surface area contributed by atoms with Crippen molar-refractivity contribution < 1.29 is 4.39 Å². The highest BCUT2D eigenvalue weighted by molar-refractivity contribution is 5.68. The van der Waals surface area contributed by atoms with Crippen LogP contribution in [0.1, 0.15) is 11.1 Å². The average Bonchev–Trinajstić information content (AvgIpc) is 2.65. The molecular formula is C17H16FN3. The molecule has 21 heavy (non-hydrogen) atoms. The van der Waals surface area contributed by atoms with Crippen molar-refractivity contribution in [1.82, 2.24) is 4.90 Å². The van der Waals surface area contributed by atoms with E-state index in [1.807, 2.05) is 30.1 Å². The molecule has 0 fully saturated rings. The third-order valence-corrected chi connectivity index (χ3v) is 3.79. The second kappa shape index (κ2) is 5.55. The second-order valence-electron chi connectivity index (χ2n) is 5.30. The molecule has 0 aromatic heterocycles. The van der Waals surface area contributed by atoms with Crippen LogP contribution >= 0.6 is 0 Å². The van der Waals surface area contributed by atoms with Crippen LogP contribution in [0.5, 0.6) is 0 Å². The number of rotatable bonds is 1. The number of fused-ring (bicyclic) bond motifs is 1. The van der Waals surface area contributed by atoms with Crippen molar-refractivity contribution in [1.29, 1.82) is 5.26 Å². The maximum absolute atomic E-state index is 14.1. The Balaban J connectivity index is 2.12. The zero-order chi connectivity index (χ0) is 14.8. The average molecular weight is 281 g/mol. The van der Waals surface area contributed by atoms with Crippen LogP contribution in [-0.2, 0) is 6.54 Å². The van der Waals surface area contributed by atoms with Gasteiger partial charge in [0.05, 0.1) is 17.3 Å². The molecule has 2 aromatic carbocycles. The number of hydrogen-bond acceptors (Lipinski definition) is 3. The minimum absolute atomic E-state index is 0.225. The Morgan fingerprint density at radius 1 is 1.10 bits per heavy atom. The molecule has 3 nitrogen and oxygen atoms in total. The second-order valence-corrected chi connectivity index (χ2v) is 5.30. The summed E-state index contributed by atoms with van der Waals surface area (Å²) in [5.41, 5.74) is 3.25. The zero-order valence-electron chi connectivity index (χ0n) is 11.9. The van der Waals surface area contributed by atoms with Gasteiger partial charge in [0, 0.05) is 25.3 Å². The number of nitriles is 1. The predicted octanol–water partition coefficient (Wildman–Crippen LogP) is 3.28. The summed E-state index contributed by atoms with van der Waals surface area (Å²) >= 11 is 0. The Morgan fingerprint density at radius 2 is 1.90 bits per heavy atom. The van der Waals surface area contributed by atoms with Crippen molar-refractivity contribution in [2.45, 2.75) is 6.54 Å². The Hall–Kier alpha value is -2.38. The van der Waals surface area contributed by atoms with Crippen molar-refractivity contribution in [2.24, 2.45) is 0 Å². The number of anilines is 2. The fraction of sp³-hybridized carbons (Fsp3) is 0.235. The van der Waals surface area contributed by atoms with E-state index >= 15 is 0 Å². The van der Waals surface area contributed by atoms with Gasteiger partial charge in [0.15, 0.2) is 0 Å². The highest BCUT2D eigenvalue weighted by atomic mass is 19.1. The molecule has 0 radical (unpaired) electrons. The standard InChI is InChI=1S/C17H16FN3/c1-20-8-9-21(17-5-3-2-4-15(17)18)16-7-6-13(11-19)10-14(16)12-20/h2-7,10H,8-9,12H2,1H3. The molecule has 0 spiro atoms. The first-order valence-corrected chi connectivity index (χ1v) is 6.92. The van der Waals surface area contributed by atoms with Gasteiger partial charge in [-0.1, -0.05) is 12.1 Å². The summed E-state index contributed by atoms with van der Waals surface area (Å²) in [5, 5.41) is 9.07. The SMILES string of the molecule is CN1CCN(c2ccccc2F)c2ccc(C#N)cc2C1. The lowest BCUT2D eigenvalue weighted by Crippen LogP contribution is -2.26. The molecule has 106 valence electrons. The van der Waals surface area contributed by atoms with Crippen molar-refractivity contribution in [3.63, 3.8) is 0 Å². The number of halogens is 1. The quantitative estimate of drug-likeness (QED) is 0.803. The summed E-state index contributed by atoms with van der Waals surface area (Å²) in [6, 6.07) is 14.6. The minimum atomic E-state index is -0.225. The molecule has 3 rings (SSSR count). The molecule has 0 atom stereocenters. The lowest BCUT2D eigenvalue weighted by atomic mass is 10.1. The van der Waals surface area contributed by atoms with Gasteiger partial charge in [0.1, 0.15) is 5.82 Å². The number of para-hydroxylation sites is 1. The molecule has 0 saturated heterocycles. The van der Waals surface area contributed by atoms with E-state index in [0.717, 1.165) is 30.9 Å². The van der Waals surface area contributed by atoms with Gasteiger partial charge in [-0.2, -0.15) is 5.26 Å². The molecule has 4 heteroatoms. The van der Waals surface area contributed by atoms with Crippen molar-refractivity contribution in [3.05, 3.63) is 59.4 Å². The fourth-order valence-electron chi connectivity index (χ4n) is 2.73. The lowest BCUT2D eigenvalue weighted by Gasteiger charge is -2.25. The van der Waals surface area contributed by atoms with Gasteiger partial charge < -0.3 is 9.80 Å². The lowest BCUT2D eigenvalue weighted by molar-refractivity contribution is 0.343. The normalized spacial score (nSPS) is 15.2. The van der Waals surface area contributed by atoms with Crippen LogP contribution in [0.25, 0.3) is 0 Å². The van der Waals surface area contributed by atoms with E-state index in [-0.39, 0.29) is 5.82 Å². The predicted molar refractivity (Wildman–Crippen MR) is 80.9 cm³/mol. The van der Waals surface area contributed by atoms with Crippen molar-refractivity contribution >= 4 is 11.4 Å². The molecule has 0 saturated carbocycles. The highest BCUT2D eigenvalue weighted by Crippen LogP contribution is 2.33. The number of benzene rings is 2. The van der Waals surface area contributed by atoms with Gasteiger partial charge in [0.25, 0.3) is 0 Å². The fourth-order valence-corrected chi connectivity index (χ4v) is 2.73. The zero-order valence-corrected chi connectivity index (χ0v) is 11.9. The Morgan fingerprint density at radius 3 is 2.67 bits per heavy atom. The molecule has 0 aliphatic carbocycles. The maximum Gasteiger partial charge on any atom is 0.146 e. The van der Waals surface area contributed by atoms with Crippen LogP contribution in [0.3, 0.4) is 0 Å². The summed E-state index contributed by atoms with van der Waals surface area (Å²) in [5.74, 6) is -0.225.